The molecular formula is C45H86O14. The second kappa shape index (κ2) is 34.5. The number of carbonyl (C=O) groups is 1. The minimum Gasteiger partial charge on any atom is -0.457 e. The molecule has 7 N–H and O–H groups in total. The molecule has 11 unspecified atom stereocenters. The quantitative estimate of drug-likeness (QED) is 0.0294. The van der Waals surface area contributed by atoms with E-state index in [-0.39, 0.29) is 25.6 Å². The first kappa shape index (κ1) is 54.1. The van der Waals surface area contributed by atoms with Crippen molar-refractivity contribution in [2.45, 2.75) is 248 Å². The number of hydrogen-bond acceptors (Lipinski definition) is 14. The van der Waals surface area contributed by atoms with Crippen molar-refractivity contribution in [3.8, 4) is 0 Å². The van der Waals surface area contributed by atoms with Gasteiger partial charge in [-0.05, 0) is 12.8 Å². The van der Waals surface area contributed by atoms with Crippen LogP contribution in [0.15, 0.2) is 0 Å². The Hall–Kier alpha value is -1.01. The van der Waals surface area contributed by atoms with Crippen molar-refractivity contribution >= 4 is 5.97 Å². The minimum atomic E-state index is -1.70. The maximum absolute atomic E-state index is 12.8. The first-order chi connectivity index (χ1) is 28.6. The zero-order valence-electron chi connectivity index (χ0n) is 36.8. The van der Waals surface area contributed by atoms with E-state index in [1.165, 1.54) is 116 Å². The van der Waals surface area contributed by atoms with Gasteiger partial charge in [0.15, 0.2) is 12.6 Å². The molecule has 0 aromatic rings. The fraction of sp³-hybridized carbons (Fsp3) is 0.978. The molecule has 0 saturated carbocycles. The molecule has 14 heteroatoms. The minimum absolute atomic E-state index is 0.0688. The van der Waals surface area contributed by atoms with Crippen LogP contribution in [0.3, 0.4) is 0 Å². The number of esters is 1. The fourth-order valence-corrected chi connectivity index (χ4v) is 7.70. The van der Waals surface area contributed by atoms with E-state index in [9.17, 15) is 40.5 Å². The number of ether oxygens (including phenoxy) is 6. The molecule has 0 bridgehead atoms. The summed E-state index contributed by atoms with van der Waals surface area (Å²) < 4.78 is 34.1. The van der Waals surface area contributed by atoms with Gasteiger partial charge < -0.3 is 64.2 Å². The molecule has 11 atom stereocenters. The summed E-state index contributed by atoms with van der Waals surface area (Å²) in [5, 5.41) is 71.8. The predicted octanol–water partition coefficient (Wildman–Crippen LogP) is 5.74. The van der Waals surface area contributed by atoms with Crippen LogP contribution >= 0.6 is 0 Å². The molecule has 0 aromatic heterocycles. The molecule has 2 fully saturated rings. The van der Waals surface area contributed by atoms with Gasteiger partial charge in [-0.25, -0.2) is 0 Å². The number of hydrogen-bond donors (Lipinski definition) is 7. The molecule has 2 aliphatic heterocycles. The summed E-state index contributed by atoms with van der Waals surface area (Å²) in [6, 6.07) is 0. The third kappa shape index (κ3) is 23.3. The number of rotatable bonds is 37. The molecule has 14 nitrogen and oxygen atoms in total. The maximum atomic E-state index is 12.8. The monoisotopic (exact) mass is 851 g/mol. The summed E-state index contributed by atoms with van der Waals surface area (Å²) in [6.45, 7) is 3.66. The van der Waals surface area contributed by atoms with E-state index in [1.807, 2.05) is 0 Å². The van der Waals surface area contributed by atoms with Crippen LogP contribution in [-0.4, -0.2) is 142 Å². The van der Waals surface area contributed by atoms with E-state index in [4.69, 9.17) is 28.4 Å². The Morgan fingerprint density at radius 2 is 0.898 bits per heavy atom. The van der Waals surface area contributed by atoms with Gasteiger partial charge in [0.2, 0.25) is 0 Å². The first-order valence-electron chi connectivity index (χ1n) is 23.6. The zero-order valence-corrected chi connectivity index (χ0v) is 36.8. The van der Waals surface area contributed by atoms with Crippen molar-refractivity contribution in [1.82, 2.24) is 0 Å². The molecule has 0 spiro atoms. The van der Waals surface area contributed by atoms with Crippen LogP contribution < -0.4 is 0 Å². The van der Waals surface area contributed by atoms with Crippen molar-refractivity contribution in [1.29, 1.82) is 0 Å². The van der Waals surface area contributed by atoms with Gasteiger partial charge in [0.1, 0.15) is 54.9 Å². The SMILES string of the molecule is CCCCCCCCCCCCCCCCCCCCOCC(COC1OC(COC2OC(CO)C(O)C(O)C2O)C(O)C(O)C1O)OC(=O)CCCCCCCCC. The normalized spacial score (nSPS) is 27.9. The van der Waals surface area contributed by atoms with E-state index in [0.29, 0.717) is 13.0 Å². The van der Waals surface area contributed by atoms with Crippen LogP contribution in [0.1, 0.15) is 181 Å². The molecule has 2 rings (SSSR count). The van der Waals surface area contributed by atoms with Crippen molar-refractivity contribution < 1.29 is 69.0 Å². The maximum Gasteiger partial charge on any atom is 0.306 e. The zero-order chi connectivity index (χ0) is 43.1. The first-order valence-corrected chi connectivity index (χ1v) is 23.6. The van der Waals surface area contributed by atoms with E-state index in [1.54, 1.807) is 0 Å². The highest BCUT2D eigenvalue weighted by Crippen LogP contribution is 2.26. The summed E-state index contributed by atoms with van der Waals surface area (Å²) in [4.78, 5) is 12.8. The lowest BCUT2D eigenvalue weighted by Crippen LogP contribution is -2.61. The summed E-state index contributed by atoms with van der Waals surface area (Å²) >= 11 is 0. The Kier molecular flexibility index (Phi) is 31.6. The second-order valence-corrected chi connectivity index (χ2v) is 16.9. The van der Waals surface area contributed by atoms with Gasteiger partial charge in [0.25, 0.3) is 0 Å². The molecule has 0 radical (unpaired) electrons. The van der Waals surface area contributed by atoms with Crippen LogP contribution in [0.25, 0.3) is 0 Å². The van der Waals surface area contributed by atoms with Crippen molar-refractivity contribution in [3.63, 3.8) is 0 Å². The lowest BCUT2D eigenvalue weighted by Gasteiger charge is -2.42. The summed E-state index contributed by atoms with van der Waals surface area (Å²) in [7, 11) is 0. The van der Waals surface area contributed by atoms with Crippen LogP contribution in [-0.2, 0) is 33.2 Å². The highest BCUT2D eigenvalue weighted by molar-refractivity contribution is 5.69. The average Bonchev–Trinajstić information content (AvgIpc) is 3.23. The number of unbranched alkanes of at least 4 members (excludes halogenated alkanes) is 23. The molecule has 59 heavy (non-hydrogen) atoms. The van der Waals surface area contributed by atoms with Crippen LogP contribution in [0, 0.1) is 0 Å². The van der Waals surface area contributed by atoms with Crippen LogP contribution in [0.4, 0.5) is 0 Å². The van der Waals surface area contributed by atoms with Crippen LogP contribution in [0.5, 0.6) is 0 Å². The smallest absolute Gasteiger partial charge is 0.306 e. The Balaban J connectivity index is 1.73. The van der Waals surface area contributed by atoms with E-state index >= 15 is 0 Å². The molecule has 0 aliphatic carbocycles. The molecule has 0 aromatic carbocycles. The van der Waals surface area contributed by atoms with Crippen molar-refractivity contribution in [2.24, 2.45) is 0 Å². The van der Waals surface area contributed by atoms with Gasteiger partial charge in [-0.1, -0.05) is 162 Å². The van der Waals surface area contributed by atoms with Crippen LogP contribution in [0.2, 0.25) is 0 Å². The average molecular weight is 851 g/mol. The van der Waals surface area contributed by atoms with Crippen molar-refractivity contribution in [2.75, 3.05) is 33.0 Å². The summed E-state index contributed by atoms with van der Waals surface area (Å²) in [5.74, 6) is -0.379. The highest BCUT2D eigenvalue weighted by atomic mass is 16.7. The number of aliphatic hydroxyl groups is 7. The molecular weight excluding hydrogens is 764 g/mol. The van der Waals surface area contributed by atoms with Crippen molar-refractivity contribution in [3.05, 3.63) is 0 Å². The van der Waals surface area contributed by atoms with E-state index in [0.717, 1.165) is 38.5 Å². The third-order valence-electron chi connectivity index (χ3n) is 11.6. The van der Waals surface area contributed by atoms with Gasteiger partial charge in [0.05, 0.1) is 26.4 Å². The molecule has 2 aliphatic rings. The lowest BCUT2D eigenvalue weighted by molar-refractivity contribution is -0.332. The molecule has 2 heterocycles. The Bertz CT molecular complexity index is 990. The number of carbonyl (C=O) groups excluding carboxylic acids is 1. The topological polar surface area (TPSA) is 214 Å². The molecule has 0 amide bonds. The fourth-order valence-electron chi connectivity index (χ4n) is 7.70. The second-order valence-electron chi connectivity index (χ2n) is 16.9. The van der Waals surface area contributed by atoms with Gasteiger partial charge in [0, 0.05) is 13.0 Å². The summed E-state index contributed by atoms with van der Waals surface area (Å²) in [6.07, 6.45) is 14.9. The molecule has 350 valence electrons. The van der Waals surface area contributed by atoms with Gasteiger partial charge in [-0.2, -0.15) is 0 Å². The third-order valence-corrected chi connectivity index (χ3v) is 11.6. The highest BCUT2D eigenvalue weighted by Gasteiger charge is 2.47. The predicted molar refractivity (Wildman–Crippen MR) is 224 cm³/mol. The Labute approximate surface area is 355 Å². The standard InChI is InChI=1S/C45H86O14/c1-3-5-7-9-11-12-13-14-15-16-17-18-19-20-21-23-25-27-29-54-31-34(57-37(47)28-26-24-22-10-8-6-4-2)32-55-44-43(53)41(51)39(49)36(59-44)33-56-45-42(52)40(50)38(48)35(30-46)58-45/h34-36,38-46,48-53H,3-33H2,1-2H3. The van der Waals surface area contributed by atoms with E-state index in [2.05, 4.69) is 13.8 Å². The lowest BCUT2D eigenvalue weighted by atomic mass is 9.98. The van der Waals surface area contributed by atoms with Gasteiger partial charge >= 0.3 is 5.97 Å². The van der Waals surface area contributed by atoms with Gasteiger partial charge in [-0.3, -0.25) is 4.79 Å². The van der Waals surface area contributed by atoms with E-state index < -0.39 is 80.7 Å². The Morgan fingerprint density at radius 3 is 1.37 bits per heavy atom. The molecule has 2 saturated heterocycles. The number of aliphatic hydroxyl groups excluding tert-OH is 7. The van der Waals surface area contributed by atoms with Gasteiger partial charge in [-0.15, -0.1) is 0 Å². The largest absolute Gasteiger partial charge is 0.457 e. The Morgan fingerprint density at radius 1 is 0.492 bits per heavy atom. The summed E-state index contributed by atoms with van der Waals surface area (Å²) in [5.41, 5.74) is 0.